The Bertz CT molecular complexity index is 908. The summed E-state index contributed by atoms with van der Waals surface area (Å²) in [5.74, 6) is -0.150. The molecule has 0 bridgehead atoms. The number of hydrogen-bond donors (Lipinski definition) is 0. The molecule has 2 aromatic heterocycles. The van der Waals surface area contributed by atoms with E-state index < -0.39 is 0 Å². The summed E-state index contributed by atoms with van der Waals surface area (Å²) in [6, 6.07) is 13.3. The fourth-order valence-electron chi connectivity index (χ4n) is 3.01. The lowest BCUT2D eigenvalue weighted by Crippen LogP contribution is -2.37. The number of anilines is 1. The predicted molar refractivity (Wildman–Crippen MR) is 110 cm³/mol. The van der Waals surface area contributed by atoms with Crippen LogP contribution in [0.15, 0.2) is 58.5 Å². The Kier molecular flexibility index (Phi) is 5.61. The van der Waals surface area contributed by atoms with Crippen molar-refractivity contribution in [1.29, 1.82) is 0 Å². The van der Waals surface area contributed by atoms with Gasteiger partial charge in [0.15, 0.2) is 5.13 Å². The number of pyridine rings is 1. The first kappa shape index (κ1) is 18.3. The van der Waals surface area contributed by atoms with E-state index in [1.807, 2.05) is 35.7 Å². The minimum Gasteiger partial charge on any atom is -0.376 e. The number of aromatic nitrogens is 2. The van der Waals surface area contributed by atoms with E-state index in [0.29, 0.717) is 17.4 Å². The van der Waals surface area contributed by atoms with E-state index in [9.17, 15) is 4.79 Å². The van der Waals surface area contributed by atoms with Crippen LogP contribution in [-0.2, 0) is 4.74 Å². The summed E-state index contributed by atoms with van der Waals surface area (Å²) in [5.41, 5.74) is 2.28. The molecule has 1 amide bonds. The monoisotopic (exact) mass is 443 g/mol. The molecule has 3 aromatic rings. The van der Waals surface area contributed by atoms with Crippen molar-refractivity contribution in [3.63, 3.8) is 0 Å². The number of ether oxygens (including phenoxy) is 1. The molecule has 4 rings (SSSR count). The highest BCUT2D eigenvalue weighted by atomic mass is 79.9. The Labute approximate surface area is 170 Å². The van der Waals surface area contributed by atoms with Crippen molar-refractivity contribution in [2.24, 2.45) is 0 Å². The molecular weight excluding hydrogens is 426 g/mol. The Hall–Kier alpha value is -2.09. The number of benzene rings is 1. The lowest BCUT2D eigenvalue weighted by molar-refractivity contribution is 0.0913. The van der Waals surface area contributed by atoms with Crippen LogP contribution in [0.4, 0.5) is 5.13 Å². The molecule has 5 nitrogen and oxygen atoms in total. The maximum absolute atomic E-state index is 13.1. The van der Waals surface area contributed by atoms with Crippen molar-refractivity contribution in [2.75, 3.05) is 18.1 Å². The molecule has 0 radical (unpaired) electrons. The molecule has 138 valence electrons. The molecule has 1 aliphatic rings. The average molecular weight is 444 g/mol. The first-order valence-corrected chi connectivity index (χ1v) is 10.4. The van der Waals surface area contributed by atoms with Crippen molar-refractivity contribution in [2.45, 2.75) is 18.9 Å². The highest BCUT2D eigenvalue weighted by Crippen LogP contribution is 2.30. The van der Waals surface area contributed by atoms with E-state index in [-0.39, 0.29) is 12.0 Å². The van der Waals surface area contributed by atoms with E-state index in [2.05, 4.69) is 20.9 Å². The lowest BCUT2D eigenvalue weighted by atomic mass is 10.2. The van der Waals surface area contributed by atoms with Gasteiger partial charge in [0.25, 0.3) is 5.91 Å². The van der Waals surface area contributed by atoms with Crippen LogP contribution in [-0.4, -0.2) is 35.1 Å². The smallest absolute Gasteiger partial charge is 0.278 e. The summed E-state index contributed by atoms with van der Waals surface area (Å²) in [6.07, 6.45) is 3.65. The lowest BCUT2D eigenvalue weighted by Gasteiger charge is -2.22. The van der Waals surface area contributed by atoms with Crippen molar-refractivity contribution in [3.05, 3.63) is 64.2 Å². The summed E-state index contributed by atoms with van der Waals surface area (Å²) in [6.45, 7) is 1.24. The molecule has 7 heteroatoms. The third-order valence-electron chi connectivity index (χ3n) is 4.40. The molecule has 3 heterocycles. The van der Waals surface area contributed by atoms with Crippen LogP contribution in [0.5, 0.6) is 0 Å². The zero-order valence-corrected chi connectivity index (χ0v) is 16.9. The van der Waals surface area contributed by atoms with Crippen LogP contribution >= 0.6 is 27.3 Å². The van der Waals surface area contributed by atoms with E-state index in [1.54, 1.807) is 23.2 Å². The molecule has 1 aliphatic heterocycles. The van der Waals surface area contributed by atoms with Gasteiger partial charge in [-0.15, -0.1) is 11.3 Å². The molecular formula is C20H18BrN3O2S. The zero-order valence-electron chi connectivity index (χ0n) is 14.5. The first-order chi connectivity index (χ1) is 13.2. The summed E-state index contributed by atoms with van der Waals surface area (Å²) in [4.78, 5) is 23.7. The second kappa shape index (κ2) is 8.29. The predicted octanol–water partition coefficient (Wildman–Crippen LogP) is 4.79. The molecule has 27 heavy (non-hydrogen) atoms. The second-order valence-electron chi connectivity index (χ2n) is 6.29. The Morgan fingerprint density at radius 3 is 2.81 bits per heavy atom. The summed E-state index contributed by atoms with van der Waals surface area (Å²) >= 11 is 4.91. The molecule has 0 aliphatic carbocycles. The van der Waals surface area contributed by atoms with Gasteiger partial charge in [0, 0.05) is 28.2 Å². The fourth-order valence-corrected chi connectivity index (χ4v) is 4.11. The van der Waals surface area contributed by atoms with Gasteiger partial charge in [0.2, 0.25) is 0 Å². The van der Waals surface area contributed by atoms with Crippen LogP contribution in [0.2, 0.25) is 0 Å². The number of carbonyl (C=O) groups is 1. The summed E-state index contributed by atoms with van der Waals surface area (Å²) in [7, 11) is 0. The number of rotatable bonds is 5. The van der Waals surface area contributed by atoms with Crippen LogP contribution in [0.3, 0.4) is 0 Å². The molecule has 0 unspecified atom stereocenters. The van der Waals surface area contributed by atoms with Crippen molar-refractivity contribution < 1.29 is 9.53 Å². The van der Waals surface area contributed by atoms with Crippen LogP contribution < -0.4 is 4.90 Å². The largest absolute Gasteiger partial charge is 0.376 e. The van der Waals surface area contributed by atoms with Gasteiger partial charge in [-0.25, -0.2) is 4.98 Å². The van der Waals surface area contributed by atoms with Gasteiger partial charge in [-0.3, -0.25) is 14.7 Å². The van der Waals surface area contributed by atoms with Crippen molar-refractivity contribution in [3.8, 4) is 11.3 Å². The number of carbonyl (C=O) groups excluding carboxylic acids is 1. The standard InChI is InChI=1S/C20H18BrN3O2S/c21-15-8-6-14(7-9-15)18-13-27-20(23-18)24(12-16-4-3-11-26-16)19(25)17-5-1-2-10-22-17/h1-2,5-10,13,16H,3-4,11-12H2/t16-/m0/s1. The number of halogens is 1. The fraction of sp³-hybridized carbons (Fsp3) is 0.250. The van der Waals surface area contributed by atoms with Crippen molar-refractivity contribution >= 4 is 38.3 Å². The van der Waals surface area contributed by atoms with E-state index >= 15 is 0 Å². The molecule has 1 saturated heterocycles. The third kappa shape index (κ3) is 4.26. The van der Waals surface area contributed by atoms with E-state index in [0.717, 1.165) is 35.2 Å². The third-order valence-corrected chi connectivity index (χ3v) is 5.79. The molecule has 0 spiro atoms. The van der Waals surface area contributed by atoms with Crippen LogP contribution in [0.1, 0.15) is 23.3 Å². The Balaban J connectivity index is 1.63. The highest BCUT2D eigenvalue weighted by molar-refractivity contribution is 9.10. The summed E-state index contributed by atoms with van der Waals surface area (Å²) in [5, 5.41) is 2.64. The summed E-state index contributed by atoms with van der Waals surface area (Å²) < 4.78 is 6.77. The molecule has 1 atom stereocenters. The maximum atomic E-state index is 13.1. The average Bonchev–Trinajstić information content (AvgIpc) is 3.39. The van der Waals surface area contributed by atoms with Gasteiger partial charge in [0.1, 0.15) is 5.69 Å². The Morgan fingerprint density at radius 2 is 2.11 bits per heavy atom. The van der Waals surface area contributed by atoms with Crippen LogP contribution in [0.25, 0.3) is 11.3 Å². The molecule has 0 saturated carbocycles. The van der Waals surface area contributed by atoms with E-state index in [4.69, 9.17) is 9.72 Å². The number of amides is 1. The van der Waals surface area contributed by atoms with Gasteiger partial charge in [-0.05, 0) is 37.1 Å². The number of hydrogen-bond acceptors (Lipinski definition) is 5. The van der Waals surface area contributed by atoms with Gasteiger partial charge >= 0.3 is 0 Å². The van der Waals surface area contributed by atoms with Gasteiger partial charge in [0.05, 0.1) is 18.3 Å². The number of nitrogens with zero attached hydrogens (tertiary/aromatic N) is 3. The van der Waals surface area contributed by atoms with Crippen molar-refractivity contribution in [1.82, 2.24) is 9.97 Å². The molecule has 1 fully saturated rings. The van der Waals surface area contributed by atoms with Gasteiger partial charge in [-0.2, -0.15) is 0 Å². The minimum absolute atomic E-state index is 0.0395. The second-order valence-corrected chi connectivity index (χ2v) is 8.04. The topological polar surface area (TPSA) is 55.3 Å². The first-order valence-electron chi connectivity index (χ1n) is 8.76. The van der Waals surface area contributed by atoms with Crippen LogP contribution in [0, 0.1) is 0 Å². The van der Waals surface area contributed by atoms with E-state index in [1.165, 1.54) is 11.3 Å². The minimum atomic E-state index is -0.150. The SMILES string of the molecule is O=C(c1ccccn1)N(C[C@@H]1CCCO1)c1nc(-c2ccc(Br)cc2)cs1. The molecule has 0 N–H and O–H groups in total. The number of thiazole rings is 1. The highest BCUT2D eigenvalue weighted by Gasteiger charge is 2.27. The van der Waals surface area contributed by atoms with Gasteiger partial charge in [-0.1, -0.05) is 34.1 Å². The quantitative estimate of drug-likeness (QED) is 0.568. The van der Waals surface area contributed by atoms with Gasteiger partial charge < -0.3 is 4.74 Å². The Morgan fingerprint density at radius 1 is 1.26 bits per heavy atom. The molecule has 1 aromatic carbocycles. The normalized spacial score (nSPS) is 16.4. The zero-order chi connectivity index (χ0) is 18.6. The maximum Gasteiger partial charge on any atom is 0.278 e.